The average Bonchev–Trinajstić information content (AvgIpc) is 3.16. The Morgan fingerprint density at radius 3 is 2.23 bits per heavy atom. The van der Waals surface area contributed by atoms with Crippen LogP contribution < -0.4 is 10.1 Å². The third kappa shape index (κ3) is 3.51. The number of nitrogens with one attached hydrogen (secondary N) is 1. The number of imide groups is 1. The van der Waals surface area contributed by atoms with Crippen LogP contribution in [0.3, 0.4) is 0 Å². The standard InChI is InChI=1S/C20H22N2O3S/c1-12(2)22-19(23)17(16-6-5-11-26-16)18(20(22)24)21-14-7-9-15(10-8-14)25-13(3)4/h5-13,21H,1-4H3. The van der Waals surface area contributed by atoms with Gasteiger partial charge in [0.2, 0.25) is 0 Å². The number of benzene rings is 1. The molecule has 6 heteroatoms. The lowest BCUT2D eigenvalue weighted by Gasteiger charge is -2.19. The van der Waals surface area contributed by atoms with Crippen LogP contribution in [-0.4, -0.2) is 28.9 Å². The summed E-state index contributed by atoms with van der Waals surface area (Å²) in [4.78, 5) is 27.8. The summed E-state index contributed by atoms with van der Waals surface area (Å²) in [5, 5.41) is 5.04. The van der Waals surface area contributed by atoms with E-state index in [4.69, 9.17) is 4.74 Å². The van der Waals surface area contributed by atoms with Crippen molar-refractivity contribution >= 4 is 34.4 Å². The first-order valence-electron chi connectivity index (χ1n) is 8.58. The van der Waals surface area contributed by atoms with E-state index in [-0.39, 0.29) is 24.0 Å². The van der Waals surface area contributed by atoms with Crippen LogP contribution in [0, 0.1) is 0 Å². The zero-order chi connectivity index (χ0) is 18.8. The second kappa shape index (κ2) is 7.33. The first kappa shape index (κ1) is 18.2. The highest BCUT2D eigenvalue weighted by atomic mass is 32.1. The zero-order valence-corrected chi connectivity index (χ0v) is 16.1. The topological polar surface area (TPSA) is 58.6 Å². The largest absolute Gasteiger partial charge is 0.491 e. The van der Waals surface area contributed by atoms with E-state index in [1.807, 2.05) is 69.5 Å². The van der Waals surface area contributed by atoms with Crippen LogP contribution in [0.2, 0.25) is 0 Å². The number of rotatable bonds is 6. The number of carbonyl (C=O) groups excluding carboxylic acids is 2. The van der Waals surface area contributed by atoms with Crippen LogP contribution in [0.15, 0.2) is 47.5 Å². The van der Waals surface area contributed by atoms with Crippen molar-refractivity contribution in [1.29, 1.82) is 0 Å². The molecule has 26 heavy (non-hydrogen) atoms. The maximum Gasteiger partial charge on any atom is 0.278 e. The van der Waals surface area contributed by atoms with Crippen LogP contribution in [0.5, 0.6) is 5.75 Å². The van der Waals surface area contributed by atoms with Gasteiger partial charge in [-0.15, -0.1) is 11.3 Å². The fourth-order valence-electron chi connectivity index (χ4n) is 2.81. The van der Waals surface area contributed by atoms with Crippen LogP contribution >= 0.6 is 11.3 Å². The molecule has 2 heterocycles. The van der Waals surface area contributed by atoms with Crippen molar-refractivity contribution in [3.05, 3.63) is 52.4 Å². The summed E-state index contributed by atoms with van der Waals surface area (Å²) in [5.74, 6) is 0.209. The van der Waals surface area contributed by atoms with Crippen LogP contribution in [0.1, 0.15) is 32.6 Å². The molecule has 136 valence electrons. The van der Waals surface area contributed by atoms with Crippen molar-refractivity contribution in [2.75, 3.05) is 5.32 Å². The molecule has 0 spiro atoms. The molecule has 0 fully saturated rings. The van der Waals surface area contributed by atoms with Gasteiger partial charge in [0.1, 0.15) is 11.4 Å². The average molecular weight is 370 g/mol. The summed E-state index contributed by atoms with van der Waals surface area (Å²) < 4.78 is 5.64. The molecule has 1 aromatic heterocycles. The van der Waals surface area contributed by atoms with E-state index < -0.39 is 0 Å². The van der Waals surface area contributed by atoms with Gasteiger partial charge in [-0.3, -0.25) is 14.5 Å². The number of ether oxygens (including phenoxy) is 1. The van der Waals surface area contributed by atoms with E-state index in [9.17, 15) is 9.59 Å². The molecule has 2 amide bonds. The molecule has 5 nitrogen and oxygen atoms in total. The van der Waals surface area contributed by atoms with Crippen LogP contribution in [0.25, 0.3) is 5.57 Å². The highest BCUT2D eigenvalue weighted by Gasteiger charge is 2.40. The first-order valence-corrected chi connectivity index (χ1v) is 9.46. The van der Waals surface area contributed by atoms with Gasteiger partial charge in [0.15, 0.2) is 0 Å². The number of amides is 2. The lowest BCUT2D eigenvalue weighted by molar-refractivity contribution is -0.138. The Hall–Kier alpha value is -2.60. The summed E-state index contributed by atoms with van der Waals surface area (Å²) in [6.07, 6.45) is 0.0931. The molecule has 0 saturated heterocycles. The van der Waals surface area contributed by atoms with Gasteiger partial charge >= 0.3 is 0 Å². The van der Waals surface area contributed by atoms with Gasteiger partial charge in [-0.05, 0) is 63.4 Å². The molecule has 0 aliphatic carbocycles. The molecule has 3 rings (SSSR count). The molecule has 1 aromatic carbocycles. The molecule has 0 bridgehead atoms. The summed E-state index contributed by atoms with van der Waals surface area (Å²) in [5.41, 5.74) is 1.49. The minimum atomic E-state index is -0.295. The highest BCUT2D eigenvalue weighted by Crippen LogP contribution is 2.34. The van der Waals surface area contributed by atoms with Crippen molar-refractivity contribution in [3.63, 3.8) is 0 Å². The number of hydrogen-bond donors (Lipinski definition) is 1. The second-order valence-corrected chi connectivity index (χ2v) is 7.57. The third-order valence-corrected chi connectivity index (χ3v) is 4.78. The van der Waals surface area contributed by atoms with Crippen molar-refractivity contribution in [2.24, 2.45) is 0 Å². The van der Waals surface area contributed by atoms with Crippen LogP contribution in [-0.2, 0) is 9.59 Å². The number of thiophene rings is 1. The minimum Gasteiger partial charge on any atom is -0.491 e. The van der Waals surface area contributed by atoms with Gasteiger partial charge in [0.05, 0.1) is 11.7 Å². The quantitative estimate of drug-likeness (QED) is 0.777. The van der Waals surface area contributed by atoms with E-state index >= 15 is 0 Å². The number of anilines is 1. The molecule has 1 aliphatic heterocycles. The Morgan fingerprint density at radius 1 is 1.00 bits per heavy atom. The smallest absolute Gasteiger partial charge is 0.278 e. The molecular formula is C20H22N2O3S. The number of carbonyl (C=O) groups is 2. The van der Waals surface area contributed by atoms with E-state index in [1.54, 1.807) is 0 Å². The van der Waals surface area contributed by atoms with Gasteiger partial charge in [-0.2, -0.15) is 0 Å². The minimum absolute atomic E-state index is 0.0931. The van der Waals surface area contributed by atoms with Gasteiger partial charge < -0.3 is 10.1 Å². The highest BCUT2D eigenvalue weighted by molar-refractivity contribution is 7.11. The van der Waals surface area contributed by atoms with Gasteiger partial charge in [-0.1, -0.05) is 6.07 Å². The SMILES string of the molecule is CC(C)Oc1ccc(NC2=C(c3cccs3)C(=O)N(C(C)C)C2=O)cc1. The molecule has 0 radical (unpaired) electrons. The van der Waals surface area contributed by atoms with Crippen molar-refractivity contribution in [3.8, 4) is 5.75 Å². The van der Waals surface area contributed by atoms with E-state index in [2.05, 4.69) is 5.32 Å². The molecule has 1 N–H and O–H groups in total. The molecule has 0 saturated carbocycles. The summed E-state index contributed by atoms with van der Waals surface area (Å²) >= 11 is 1.45. The summed E-state index contributed by atoms with van der Waals surface area (Å²) in [7, 11) is 0. The predicted octanol–water partition coefficient (Wildman–Crippen LogP) is 4.14. The van der Waals surface area contributed by atoms with Crippen molar-refractivity contribution in [2.45, 2.75) is 39.8 Å². The molecule has 1 aliphatic rings. The summed E-state index contributed by atoms with van der Waals surface area (Å²) in [6.45, 7) is 7.60. The Labute approximate surface area is 157 Å². The Bertz CT molecular complexity index is 836. The molecule has 2 aromatic rings. The van der Waals surface area contributed by atoms with E-state index in [0.717, 1.165) is 16.3 Å². The summed E-state index contributed by atoms with van der Waals surface area (Å²) in [6, 6.07) is 10.9. The Kier molecular flexibility index (Phi) is 5.13. The molecular weight excluding hydrogens is 348 g/mol. The number of hydrogen-bond acceptors (Lipinski definition) is 5. The van der Waals surface area contributed by atoms with Gasteiger partial charge in [-0.25, -0.2) is 0 Å². The van der Waals surface area contributed by atoms with Crippen molar-refractivity contribution in [1.82, 2.24) is 4.90 Å². The lowest BCUT2D eigenvalue weighted by Crippen LogP contribution is -2.38. The van der Waals surface area contributed by atoms with Gasteiger partial charge in [0, 0.05) is 16.6 Å². The van der Waals surface area contributed by atoms with E-state index in [1.165, 1.54) is 16.2 Å². The second-order valence-electron chi connectivity index (χ2n) is 6.62. The van der Waals surface area contributed by atoms with E-state index in [0.29, 0.717) is 11.3 Å². The first-order chi connectivity index (χ1) is 12.4. The predicted molar refractivity (Wildman–Crippen MR) is 104 cm³/mol. The Balaban J connectivity index is 1.94. The van der Waals surface area contributed by atoms with Gasteiger partial charge in [0.25, 0.3) is 11.8 Å². The fourth-order valence-corrected chi connectivity index (χ4v) is 3.58. The maximum atomic E-state index is 12.8. The Morgan fingerprint density at radius 2 is 1.69 bits per heavy atom. The normalized spacial score (nSPS) is 14.8. The van der Waals surface area contributed by atoms with Crippen molar-refractivity contribution < 1.29 is 14.3 Å². The maximum absolute atomic E-state index is 12.8. The fraction of sp³-hybridized carbons (Fsp3) is 0.300. The number of nitrogens with zero attached hydrogens (tertiary/aromatic N) is 1. The molecule has 0 unspecified atom stereocenters. The zero-order valence-electron chi connectivity index (χ0n) is 15.3. The third-order valence-electron chi connectivity index (χ3n) is 3.89. The molecule has 0 atom stereocenters. The van der Waals surface area contributed by atoms with Crippen LogP contribution in [0.4, 0.5) is 5.69 Å². The lowest BCUT2D eigenvalue weighted by atomic mass is 10.2. The monoisotopic (exact) mass is 370 g/mol.